The van der Waals surface area contributed by atoms with Crippen molar-refractivity contribution >= 4 is 6.47 Å². The molecule has 0 unspecified atom stereocenters. The summed E-state index contributed by atoms with van der Waals surface area (Å²) in [5, 5.41) is 16.6. The monoisotopic (exact) mass is 347 g/mol. The summed E-state index contributed by atoms with van der Waals surface area (Å²) in [5.74, 6) is 1.52. The summed E-state index contributed by atoms with van der Waals surface area (Å²) in [6, 6.07) is 11.8. The molecule has 6 nitrogen and oxygen atoms in total. The second kappa shape index (κ2) is 10.3. The molecule has 0 amide bonds. The number of methoxy groups -OCH3 is 2. The van der Waals surface area contributed by atoms with Gasteiger partial charge in [-0.25, -0.2) is 0 Å². The number of ether oxygens (including phenoxy) is 2. The van der Waals surface area contributed by atoms with Crippen LogP contribution in [0.1, 0.15) is 11.1 Å². The predicted octanol–water partition coefficient (Wildman–Crippen LogP) is 2.63. The van der Waals surface area contributed by atoms with Crippen LogP contribution >= 0.6 is 0 Å². The Kier molecular flexibility index (Phi) is 8.46. The van der Waals surface area contributed by atoms with Gasteiger partial charge in [0, 0.05) is 12.1 Å². The maximum Gasteiger partial charge on any atom is 0.290 e. The zero-order chi connectivity index (χ0) is 18.8. The van der Waals surface area contributed by atoms with Crippen LogP contribution in [0.4, 0.5) is 0 Å². The first-order valence-corrected chi connectivity index (χ1v) is 7.68. The molecule has 0 aromatic heterocycles. The lowest BCUT2D eigenvalue weighted by Crippen LogP contribution is -2.11. The SMILES string of the molecule is COc1ccc(OC)c(-c2ccc(CN(C)C)cc2CO)c1.O=CO. The zero-order valence-corrected chi connectivity index (χ0v) is 15.0. The highest BCUT2D eigenvalue weighted by Gasteiger charge is 2.12. The van der Waals surface area contributed by atoms with Crippen molar-refractivity contribution in [2.75, 3.05) is 28.3 Å². The first-order valence-electron chi connectivity index (χ1n) is 7.68. The Morgan fingerprint density at radius 1 is 1.04 bits per heavy atom. The van der Waals surface area contributed by atoms with Gasteiger partial charge in [-0.15, -0.1) is 0 Å². The molecule has 136 valence electrons. The molecule has 0 aliphatic carbocycles. The first kappa shape index (κ1) is 20.5. The molecule has 2 rings (SSSR count). The standard InChI is InChI=1S/C18H23NO3.CH2O2/c1-19(2)11-13-5-7-16(14(9-13)12-20)17-10-15(21-3)6-8-18(17)22-4;2-1-3/h5-10,20H,11-12H2,1-4H3;1H,(H,2,3). The van der Waals surface area contributed by atoms with Crippen LogP contribution in [0.3, 0.4) is 0 Å². The number of hydrogen-bond donors (Lipinski definition) is 2. The van der Waals surface area contributed by atoms with Crippen LogP contribution in [0.15, 0.2) is 36.4 Å². The molecule has 6 heteroatoms. The summed E-state index contributed by atoms with van der Waals surface area (Å²) >= 11 is 0. The van der Waals surface area contributed by atoms with Crippen LogP contribution in [0.5, 0.6) is 11.5 Å². The summed E-state index contributed by atoms with van der Waals surface area (Å²) < 4.78 is 10.7. The molecule has 0 spiro atoms. The summed E-state index contributed by atoms with van der Waals surface area (Å²) in [6.45, 7) is 0.569. The molecule has 2 aromatic rings. The highest BCUT2D eigenvalue weighted by molar-refractivity contribution is 5.75. The van der Waals surface area contributed by atoms with E-state index in [1.807, 2.05) is 44.4 Å². The van der Waals surface area contributed by atoms with Gasteiger partial charge in [0.2, 0.25) is 0 Å². The molecule has 2 N–H and O–H groups in total. The zero-order valence-electron chi connectivity index (χ0n) is 15.0. The minimum absolute atomic E-state index is 0.0169. The van der Waals surface area contributed by atoms with Crippen molar-refractivity contribution in [3.8, 4) is 22.6 Å². The lowest BCUT2D eigenvalue weighted by Gasteiger charge is -2.16. The number of aliphatic hydroxyl groups is 1. The van der Waals surface area contributed by atoms with E-state index in [2.05, 4.69) is 11.0 Å². The van der Waals surface area contributed by atoms with Crippen LogP contribution in [0.25, 0.3) is 11.1 Å². The number of carbonyl (C=O) groups is 1. The Balaban J connectivity index is 0.000000970. The fourth-order valence-electron chi connectivity index (χ4n) is 2.53. The van der Waals surface area contributed by atoms with Gasteiger partial charge in [0.15, 0.2) is 0 Å². The van der Waals surface area contributed by atoms with Crippen molar-refractivity contribution < 1.29 is 24.5 Å². The first-order chi connectivity index (χ1) is 12.0. The molecule has 0 fully saturated rings. The fourth-order valence-corrected chi connectivity index (χ4v) is 2.53. The van der Waals surface area contributed by atoms with Crippen LogP contribution < -0.4 is 9.47 Å². The van der Waals surface area contributed by atoms with E-state index in [0.29, 0.717) is 0 Å². The van der Waals surface area contributed by atoms with Gasteiger partial charge in [0.1, 0.15) is 11.5 Å². The van der Waals surface area contributed by atoms with Gasteiger partial charge in [-0.2, -0.15) is 0 Å². The molecule has 25 heavy (non-hydrogen) atoms. The van der Waals surface area contributed by atoms with Gasteiger partial charge in [-0.05, 0) is 49.0 Å². The minimum Gasteiger partial charge on any atom is -0.497 e. The predicted molar refractivity (Wildman–Crippen MR) is 97.0 cm³/mol. The van der Waals surface area contributed by atoms with Crippen molar-refractivity contribution in [2.24, 2.45) is 0 Å². The normalized spacial score (nSPS) is 10.0. The molecular formula is C19H25NO5. The van der Waals surface area contributed by atoms with Crippen molar-refractivity contribution in [3.63, 3.8) is 0 Å². The highest BCUT2D eigenvalue weighted by atomic mass is 16.5. The quantitative estimate of drug-likeness (QED) is 0.782. The number of carboxylic acid groups (broad SMARTS) is 1. The Labute approximate surface area is 148 Å². The highest BCUT2D eigenvalue weighted by Crippen LogP contribution is 2.35. The van der Waals surface area contributed by atoms with E-state index in [9.17, 15) is 5.11 Å². The Bertz CT molecular complexity index is 686. The Hall–Kier alpha value is -2.57. The lowest BCUT2D eigenvalue weighted by molar-refractivity contribution is -0.122. The van der Waals surface area contributed by atoms with Gasteiger partial charge in [0.25, 0.3) is 6.47 Å². The summed E-state index contributed by atoms with van der Waals surface area (Å²) in [7, 11) is 7.33. The minimum atomic E-state index is -0.250. The molecule has 2 aromatic carbocycles. The molecule has 0 bridgehead atoms. The van der Waals surface area contributed by atoms with E-state index in [1.165, 1.54) is 5.56 Å². The molecule has 0 aliphatic heterocycles. The number of nitrogens with zero attached hydrogens (tertiary/aromatic N) is 1. The second-order valence-corrected chi connectivity index (χ2v) is 5.56. The molecule has 0 saturated carbocycles. The Morgan fingerprint density at radius 2 is 1.72 bits per heavy atom. The van der Waals surface area contributed by atoms with Crippen molar-refractivity contribution in [1.82, 2.24) is 4.90 Å². The van der Waals surface area contributed by atoms with E-state index >= 15 is 0 Å². The third-order valence-electron chi connectivity index (χ3n) is 3.54. The average Bonchev–Trinajstić information content (AvgIpc) is 2.61. The molecule has 0 heterocycles. The molecule has 0 saturated heterocycles. The number of aliphatic hydroxyl groups excluding tert-OH is 1. The van der Waals surface area contributed by atoms with E-state index in [0.717, 1.165) is 34.7 Å². The van der Waals surface area contributed by atoms with E-state index in [-0.39, 0.29) is 13.1 Å². The van der Waals surface area contributed by atoms with Crippen LogP contribution in [-0.2, 0) is 17.9 Å². The van der Waals surface area contributed by atoms with E-state index in [4.69, 9.17) is 19.4 Å². The fraction of sp³-hybridized carbons (Fsp3) is 0.316. The molecular weight excluding hydrogens is 322 g/mol. The topological polar surface area (TPSA) is 79.2 Å². The number of benzene rings is 2. The van der Waals surface area contributed by atoms with Gasteiger partial charge in [-0.1, -0.05) is 18.2 Å². The van der Waals surface area contributed by atoms with Crippen LogP contribution in [0, 0.1) is 0 Å². The largest absolute Gasteiger partial charge is 0.497 e. The second-order valence-electron chi connectivity index (χ2n) is 5.56. The van der Waals surface area contributed by atoms with Crippen molar-refractivity contribution in [2.45, 2.75) is 13.2 Å². The van der Waals surface area contributed by atoms with Gasteiger partial charge in [0.05, 0.1) is 20.8 Å². The maximum absolute atomic E-state index is 9.74. The summed E-state index contributed by atoms with van der Waals surface area (Å²) in [5.41, 5.74) is 3.92. The smallest absolute Gasteiger partial charge is 0.290 e. The maximum atomic E-state index is 9.74. The molecule has 0 atom stereocenters. The van der Waals surface area contributed by atoms with Crippen LogP contribution in [0.2, 0.25) is 0 Å². The van der Waals surface area contributed by atoms with Gasteiger partial charge < -0.3 is 24.6 Å². The summed E-state index contributed by atoms with van der Waals surface area (Å²) in [4.78, 5) is 10.5. The van der Waals surface area contributed by atoms with E-state index < -0.39 is 0 Å². The third kappa shape index (κ3) is 5.77. The van der Waals surface area contributed by atoms with Crippen molar-refractivity contribution in [3.05, 3.63) is 47.5 Å². The number of rotatable bonds is 6. The van der Waals surface area contributed by atoms with Crippen LogP contribution in [-0.4, -0.2) is 49.9 Å². The molecule has 0 aliphatic rings. The average molecular weight is 347 g/mol. The Morgan fingerprint density at radius 3 is 2.24 bits per heavy atom. The molecule has 0 radical (unpaired) electrons. The van der Waals surface area contributed by atoms with E-state index in [1.54, 1.807) is 14.2 Å². The van der Waals surface area contributed by atoms with Gasteiger partial charge >= 0.3 is 0 Å². The lowest BCUT2D eigenvalue weighted by atomic mass is 9.96. The number of hydrogen-bond acceptors (Lipinski definition) is 5. The third-order valence-corrected chi connectivity index (χ3v) is 3.54. The summed E-state index contributed by atoms with van der Waals surface area (Å²) in [6.07, 6.45) is 0. The van der Waals surface area contributed by atoms with Gasteiger partial charge in [-0.3, -0.25) is 4.79 Å². The van der Waals surface area contributed by atoms with Crippen molar-refractivity contribution in [1.29, 1.82) is 0 Å².